The fourth-order valence-electron chi connectivity index (χ4n) is 3.43. The van der Waals surface area contributed by atoms with Crippen molar-refractivity contribution < 1.29 is 18.9 Å². The van der Waals surface area contributed by atoms with E-state index in [2.05, 4.69) is 10.4 Å². The molecule has 1 N–H and O–H groups in total. The summed E-state index contributed by atoms with van der Waals surface area (Å²) in [6.45, 7) is 1.64. The zero-order valence-corrected chi connectivity index (χ0v) is 17.5. The highest BCUT2D eigenvalue weighted by Gasteiger charge is 2.23. The van der Waals surface area contributed by atoms with Crippen LogP contribution in [0.15, 0.2) is 45.6 Å². The van der Waals surface area contributed by atoms with Gasteiger partial charge in [0.2, 0.25) is 11.8 Å². The molecule has 1 aliphatic rings. The number of nitro groups is 1. The lowest BCUT2D eigenvalue weighted by molar-refractivity contribution is -0.384. The van der Waals surface area contributed by atoms with Crippen LogP contribution in [0.5, 0.6) is 0 Å². The van der Waals surface area contributed by atoms with E-state index < -0.39 is 23.1 Å². The summed E-state index contributed by atoms with van der Waals surface area (Å²) < 4.78 is 5.87. The number of fused-ring (bicyclic) bond motifs is 1. The third-order valence-corrected chi connectivity index (χ3v) is 5.25. The molecule has 0 saturated carbocycles. The quantitative estimate of drug-likeness (QED) is 0.458. The van der Waals surface area contributed by atoms with Crippen molar-refractivity contribution in [1.82, 2.24) is 9.78 Å². The Balaban J connectivity index is 1.50. The van der Waals surface area contributed by atoms with Crippen LogP contribution in [-0.4, -0.2) is 33.1 Å². The van der Waals surface area contributed by atoms with Crippen LogP contribution in [0.3, 0.4) is 0 Å². The standard InChI is InChI=1S/C20H16ClN5O6/c1-11(27)24-7-6-12-2-3-13(8-17(12)24)22-18(28)10-25-20(29)32-19(23-25)15-5-4-14(26(30)31)9-16(15)21/h2-5,8-9H,6-7,10H2,1H3,(H,22,28). The molecule has 0 fully saturated rings. The predicted molar refractivity (Wildman–Crippen MR) is 115 cm³/mol. The van der Waals surface area contributed by atoms with E-state index in [1.54, 1.807) is 17.0 Å². The Bertz CT molecular complexity index is 1310. The second-order valence-electron chi connectivity index (χ2n) is 7.06. The highest BCUT2D eigenvalue weighted by atomic mass is 35.5. The fraction of sp³-hybridized carbons (Fsp3) is 0.200. The first kappa shape index (κ1) is 21.2. The number of nitrogens with zero attached hydrogens (tertiary/aromatic N) is 4. The molecule has 0 unspecified atom stereocenters. The summed E-state index contributed by atoms with van der Waals surface area (Å²) in [4.78, 5) is 48.2. The van der Waals surface area contributed by atoms with Gasteiger partial charge in [0.25, 0.3) is 11.6 Å². The van der Waals surface area contributed by atoms with Gasteiger partial charge >= 0.3 is 5.76 Å². The van der Waals surface area contributed by atoms with Crippen LogP contribution in [0.25, 0.3) is 11.5 Å². The second-order valence-corrected chi connectivity index (χ2v) is 7.47. The molecule has 0 atom stereocenters. The topological polar surface area (TPSA) is 141 Å². The summed E-state index contributed by atoms with van der Waals surface area (Å²) >= 11 is 6.04. The smallest absolute Gasteiger partial charge is 0.388 e. The van der Waals surface area contributed by atoms with Crippen LogP contribution in [0, 0.1) is 10.1 Å². The lowest BCUT2D eigenvalue weighted by Crippen LogP contribution is -2.27. The number of aromatic nitrogens is 2. The third-order valence-electron chi connectivity index (χ3n) is 4.94. The molecule has 32 heavy (non-hydrogen) atoms. The van der Waals surface area contributed by atoms with Gasteiger partial charge in [-0.1, -0.05) is 17.7 Å². The molecule has 0 saturated heterocycles. The maximum absolute atomic E-state index is 12.4. The molecule has 2 heterocycles. The Morgan fingerprint density at radius 3 is 2.75 bits per heavy atom. The summed E-state index contributed by atoms with van der Waals surface area (Å²) in [5, 5.41) is 17.4. The summed E-state index contributed by atoms with van der Waals surface area (Å²) in [6, 6.07) is 8.88. The molecule has 12 heteroatoms. The zero-order chi connectivity index (χ0) is 23.0. The number of hydrogen-bond acceptors (Lipinski definition) is 7. The van der Waals surface area contributed by atoms with Crippen LogP contribution in [0.4, 0.5) is 17.1 Å². The van der Waals surface area contributed by atoms with Gasteiger partial charge in [0.15, 0.2) is 0 Å². The van der Waals surface area contributed by atoms with Gasteiger partial charge in [-0.3, -0.25) is 19.7 Å². The first-order chi connectivity index (χ1) is 15.2. The van der Waals surface area contributed by atoms with E-state index in [9.17, 15) is 24.5 Å². The van der Waals surface area contributed by atoms with Gasteiger partial charge in [-0.05, 0) is 30.2 Å². The molecule has 0 radical (unpaired) electrons. The van der Waals surface area contributed by atoms with Crippen LogP contribution in [0.2, 0.25) is 5.02 Å². The third kappa shape index (κ3) is 4.10. The molecule has 2 amide bonds. The second kappa shape index (κ2) is 8.27. The summed E-state index contributed by atoms with van der Waals surface area (Å²) in [7, 11) is 0. The minimum absolute atomic E-state index is 0.0229. The molecule has 0 spiro atoms. The maximum Gasteiger partial charge on any atom is 0.437 e. The van der Waals surface area contributed by atoms with E-state index in [1.165, 1.54) is 19.1 Å². The Hall–Kier alpha value is -3.99. The van der Waals surface area contributed by atoms with Crippen molar-refractivity contribution in [2.45, 2.75) is 19.9 Å². The first-order valence-corrected chi connectivity index (χ1v) is 9.84. The van der Waals surface area contributed by atoms with Crippen molar-refractivity contribution in [1.29, 1.82) is 0 Å². The lowest BCUT2D eigenvalue weighted by Gasteiger charge is -2.15. The molecule has 11 nitrogen and oxygen atoms in total. The highest BCUT2D eigenvalue weighted by Crippen LogP contribution is 2.31. The average molecular weight is 458 g/mol. The number of non-ortho nitro benzene ring substituents is 1. The first-order valence-electron chi connectivity index (χ1n) is 9.46. The number of anilines is 2. The molecular weight excluding hydrogens is 442 g/mol. The van der Waals surface area contributed by atoms with Crippen LogP contribution in [0.1, 0.15) is 12.5 Å². The minimum atomic E-state index is -0.888. The Labute approximate surface area is 185 Å². The van der Waals surface area contributed by atoms with Crippen molar-refractivity contribution in [3.8, 4) is 11.5 Å². The fourth-order valence-corrected chi connectivity index (χ4v) is 3.68. The van der Waals surface area contributed by atoms with Gasteiger partial charge in [0.05, 0.1) is 15.5 Å². The van der Waals surface area contributed by atoms with Gasteiger partial charge in [0, 0.05) is 37.0 Å². The molecule has 4 rings (SSSR count). The predicted octanol–water partition coefficient (Wildman–Crippen LogP) is 2.61. The van der Waals surface area contributed by atoms with Crippen LogP contribution >= 0.6 is 11.6 Å². The Kier molecular flexibility index (Phi) is 5.49. The van der Waals surface area contributed by atoms with Gasteiger partial charge in [-0.25, -0.2) is 4.79 Å². The van der Waals surface area contributed by atoms with Crippen molar-refractivity contribution in [3.05, 3.63) is 67.6 Å². The lowest BCUT2D eigenvalue weighted by atomic mass is 10.1. The van der Waals surface area contributed by atoms with Crippen molar-refractivity contribution in [2.75, 3.05) is 16.8 Å². The van der Waals surface area contributed by atoms with Gasteiger partial charge in [-0.15, -0.1) is 5.10 Å². The number of benzene rings is 2. The number of carbonyl (C=O) groups excluding carboxylic acids is 2. The number of halogens is 1. The van der Waals surface area contributed by atoms with Crippen molar-refractivity contribution in [2.24, 2.45) is 0 Å². The highest BCUT2D eigenvalue weighted by molar-refractivity contribution is 6.33. The van der Waals surface area contributed by atoms with Crippen LogP contribution < -0.4 is 16.0 Å². The molecule has 0 aliphatic carbocycles. The summed E-state index contributed by atoms with van der Waals surface area (Å²) in [5.41, 5.74) is 2.17. The van der Waals surface area contributed by atoms with Gasteiger partial charge in [-0.2, -0.15) is 4.68 Å². The monoisotopic (exact) mass is 457 g/mol. The zero-order valence-electron chi connectivity index (χ0n) is 16.7. The van der Waals surface area contributed by atoms with Crippen molar-refractivity contribution >= 4 is 40.5 Å². The van der Waals surface area contributed by atoms with E-state index in [0.29, 0.717) is 12.2 Å². The number of rotatable bonds is 5. The van der Waals surface area contributed by atoms with E-state index in [4.69, 9.17) is 16.0 Å². The summed E-state index contributed by atoms with van der Waals surface area (Å²) in [5.74, 6) is -1.67. The maximum atomic E-state index is 12.4. The number of carbonyl (C=O) groups is 2. The minimum Gasteiger partial charge on any atom is -0.388 e. The Morgan fingerprint density at radius 1 is 1.28 bits per heavy atom. The van der Waals surface area contributed by atoms with E-state index in [-0.39, 0.29) is 28.1 Å². The molecule has 0 bridgehead atoms. The SMILES string of the molecule is CC(=O)N1CCc2ccc(NC(=O)Cn3nc(-c4ccc([N+](=O)[O-])cc4Cl)oc3=O)cc21. The molecule has 164 valence electrons. The van der Waals surface area contributed by atoms with E-state index in [1.807, 2.05) is 6.07 Å². The normalized spacial score (nSPS) is 12.5. The largest absolute Gasteiger partial charge is 0.437 e. The van der Waals surface area contributed by atoms with Crippen molar-refractivity contribution in [3.63, 3.8) is 0 Å². The summed E-state index contributed by atoms with van der Waals surface area (Å²) in [6.07, 6.45) is 0.742. The van der Waals surface area contributed by atoms with Gasteiger partial charge in [0.1, 0.15) is 6.54 Å². The molecule has 2 aromatic carbocycles. The van der Waals surface area contributed by atoms with Gasteiger partial charge < -0.3 is 14.6 Å². The molecule has 3 aromatic rings. The number of nitrogens with one attached hydrogen (secondary N) is 1. The van der Waals surface area contributed by atoms with Crippen LogP contribution in [-0.2, 0) is 22.6 Å². The number of amides is 2. The van der Waals surface area contributed by atoms with E-state index >= 15 is 0 Å². The number of hydrogen-bond donors (Lipinski definition) is 1. The molecular formula is C20H16ClN5O6. The number of nitro benzene ring substituents is 1. The average Bonchev–Trinajstić information content (AvgIpc) is 3.31. The molecule has 1 aliphatic heterocycles. The van der Waals surface area contributed by atoms with E-state index in [0.717, 1.165) is 28.4 Å². The molecule has 1 aromatic heterocycles. The Morgan fingerprint density at radius 2 is 2.06 bits per heavy atom.